The number of allylic oxidation sites excluding steroid dienone is 2. The summed E-state index contributed by atoms with van der Waals surface area (Å²) in [5, 5.41) is 9.47. The molecule has 37 heavy (non-hydrogen) atoms. The Hall–Kier alpha value is -3.56. The zero-order valence-corrected chi connectivity index (χ0v) is 21.7. The quantitative estimate of drug-likeness (QED) is 0.473. The van der Waals surface area contributed by atoms with Crippen molar-refractivity contribution in [3.63, 3.8) is 0 Å². The number of ether oxygens (including phenoxy) is 2. The Balaban J connectivity index is 1.37. The van der Waals surface area contributed by atoms with E-state index in [2.05, 4.69) is 20.9 Å². The number of benzene rings is 1. The number of alkyl carbamates (subject to hydrolysis) is 1. The minimum Gasteiger partial charge on any atom is -0.490 e. The first-order valence-electron chi connectivity index (χ1n) is 12.6. The van der Waals surface area contributed by atoms with E-state index in [9.17, 15) is 13.6 Å². The molecule has 200 valence electrons. The van der Waals surface area contributed by atoms with E-state index >= 15 is 0 Å². The summed E-state index contributed by atoms with van der Waals surface area (Å²) in [4.78, 5) is 18.4. The number of amides is 1. The molecule has 1 aromatic rings. The van der Waals surface area contributed by atoms with Crippen molar-refractivity contribution in [3.05, 3.63) is 59.0 Å². The molecule has 0 aliphatic carbocycles. The number of aliphatic imine (C=N–C) groups is 1. The van der Waals surface area contributed by atoms with Gasteiger partial charge in [-0.25, -0.2) is 9.18 Å². The van der Waals surface area contributed by atoms with E-state index < -0.39 is 23.3 Å². The zero-order valence-electron chi connectivity index (χ0n) is 21.7. The van der Waals surface area contributed by atoms with Crippen molar-refractivity contribution >= 4 is 18.0 Å². The number of nitrogens with zero attached hydrogens (tertiary/aromatic N) is 2. The number of hydrogen-bond acceptors (Lipinski definition) is 7. The molecule has 10 heteroatoms. The second-order valence-corrected chi connectivity index (χ2v) is 10.2. The third kappa shape index (κ3) is 6.61. The highest BCUT2D eigenvalue weighted by Gasteiger charge is 2.31. The molecule has 0 saturated heterocycles. The van der Waals surface area contributed by atoms with Crippen LogP contribution >= 0.6 is 0 Å². The summed E-state index contributed by atoms with van der Waals surface area (Å²) in [5.74, 6) is -2.15. The second-order valence-electron chi connectivity index (χ2n) is 10.2. The topological polar surface area (TPSA) is 87.2 Å². The van der Waals surface area contributed by atoms with Gasteiger partial charge in [0.05, 0.1) is 18.3 Å². The lowest BCUT2D eigenvalue weighted by Gasteiger charge is -2.40. The monoisotopic (exact) mass is 515 g/mol. The van der Waals surface area contributed by atoms with Crippen LogP contribution in [0, 0.1) is 11.6 Å². The van der Waals surface area contributed by atoms with Gasteiger partial charge in [0.25, 0.3) is 0 Å². The van der Waals surface area contributed by atoms with Gasteiger partial charge in [-0.05, 0) is 40.2 Å². The van der Waals surface area contributed by atoms with Gasteiger partial charge in [-0.3, -0.25) is 4.99 Å². The number of carbonyl (C=O) groups excluding carboxylic acids is 1. The van der Waals surface area contributed by atoms with Gasteiger partial charge in [-0.15, -0.1) is 0 Å². The molecule has 0 spiro atoms. The number of rotatable bonds is 7. The lowest BCUT2D eigenvalue weighted by atomic mass is 9.96. The molecular weight excluding hydrogens is 480 g/mol. The second kappa shape index (κ2) is 11.2. The highest BCUT2D eigenvalue weighted by molar-refractivity contribution is 5.84. The molecule has 0 saturated carbocycles. The lowest BCUT2D eigenvalue weighted by Crippen LogP contribution is -2.47. The van der Waals surface area contributed by atoms with Crippen molar-refractivity contribution in [3.8, 4) is 5.75 Å². The van der Waals surface area contributed by atoms with Crippen LogP contribution in [0.15, 0.2) is 52.3 Å². The molecular formula is C27H35F2N5O3. The smallest absolute Gasteiger partial charge is 0.407 e. The standard InChI is InChI=1S/C27H35F2N5O3/c1-17-19-16-32-25(22-8-5-6-10-30-22)33-21(19)9-12-34(17)18-14-20(28)24(29)23(15-18)36-13-7-11-31-26(35)37-27(2,3)4/h5-6,8,14-17,25,30,33H,7,9-13H2,1-4H3,(H,31,35). The van der Waals surface area contributed by atoms with Gasteiger partial charge < -0.3 is 30.3 Å². The van der Waals surface area contributed by atoms with Crippen LogP contribution in [-0.4, -0.2) is 56.4 Å². The predicted molar refractivity (Wildman–Crippen MR) is 140 cm³/mol. The van der Waals surface area contributed by atoms with Crippen LogP contribution < -0.4 is 25.6 Å². The Morgan fingerprint density at radius 2 is 2.11 bits per heavy atom. The summed E-state index contributed by atoms with van der Waals surface area (Å²) in [6.07, 6.45) is 8.38. The molecule has 4 rings (SSSR count). The van der Waals surface area contributed by atoms with Crippen LogP contribution in [0.2, 0.25) is 0 Å². The Morgan fingerprint density at radius 3 is 2.84 bits per heavy atom. The maximum atomic E-state index is 14.5. The Kier molecular flexibility index (Phi) is 8.04. The molecule has 3 heterocycles. The van der Waals surface area contributed by atoms with E-state index in [0.717, 1.165) is 29.9 Å². The number of nitrogens with one attached hydrogen (secondary N) is 3. The van der Waals surface area contributed by atoms with Gasteiger partial charge in [0.1, 0.15) is 5.60 Å². The first-order valence-corrected chi connectivity index (χ1v) is 12.6. The molecule has 0 fully saturated rings. The van der Waals surface area contributed by atoms with Crippen LogP contribution in [0.1, 0.15) is 40.5 Å². The summed E-state index contributed by atoms with van der Waals surface area (Å²) in [6.45, 7) is 9.15. The van der Waals surface area contributed by atoms with Crippen molar-refractivity contribution in [1.29, 1.82) is 0 Å². The van der Waals surface area contributed by atoms with Crippen LogP contribution in [0.3, 0.4) is 0 Å². The highest BCUT2D eigenvalue weighted by Crippen LogP contribution is 2.34. The fourth-order valence-corrected chi connectivity index (χ4v) is 4.44. The van der Waals surface area contributed by atoms with E-state index in [4.69, 9.17) is 9.47 Å². The van der Waals surface area contributed by atoms with Gasteiger partial charge in [-0.2, -0.15) is 4.39 Å². The molecule has 2 unspecified atom stereocenters. The fourth-order valence-electron chi connectivity index (χ4n) is 4.44. The van der Waals surface area contributed by atoms with E-state index in [1.54, 1.807) is 20.8 Å². The first-order chi connectivity index (χ1) is 17.6. The summed E-state index contributed by atoms with van der Waals surface area (Å²) < 4.78 is 39.7. The van der Waals surface area contributed by atoms with Gasteiger partial charge in [-0.1, -0.05) is 12.2 Å². The predicted octanol–water partition coefficient (Wildman–Crippen LogP) is 4.15. The summed E-state index contributed by atoms with van der Waals surface area (Å²) in [5.41, 5.74) is 3.10. The van der Waals surface area contributed by atoms with Crippen LogP contribution in [0.25, 0.3) is 0 Å². The lowest BCUT2D eigenvalue weighted by molar-refractivity contribution is 0.0525. The normalized spacial score (nSPS) is 21.0. The average molecular weight is 516 g/mol. The van der Waals surface area contributed by atoms with E-state index in [1.807, 2.05) is 36.3 Å². The van der Waals surface area contributed by atoms with Gasteiger partial charge >= 0.3 is 6.09 Å². The molecule has 0 radical (unpaired) electrons. The maximum Gasteiger partial charge on any atom is 0.407 e. The largest absolute Gasteiger partial charge is 0.490 e. The van der Waals surface area contributed by atoms with Crippen molar-refractivity contribution in [1.82, 2.24) is 16.0 Å². The fraction of sp³-hybridized carbons (Fsp3) is 0.481. The molecule has 0 bridgehead atoms. The molecule has 8 nitrogen and oxygen atoms in total. The average Bonchev–Trinajstić information content (AvgIpc) is 2.85. The van der Waals surface area contributed by atoms with Crippen LogP contribution in [0.4, 0.5) is 19.3 Å². The summed E-state index contributed by atoms with van der Waals surface area (Å²) in [6, 6.07) is 2.64. The van der Waals surface area contributed by atoms with Gasteiger partial charge in [0.15, 0.2) is 17.7 Å². The Morgan fingerprint density at radius 1 is 1.30 bits per heavy atom. The number of anilines is 1. The molecule has 2 atom stereocenters. The molecule has 0 aromatic heterocycles. The molecule has 1 amide bonds. The number of hydrogen-bond donors (Lipinski definition) is 3. The minimum atomic E-state index is -1.03. The van der Waals surface area contributed by atoms with E-state index in [0.29, 0.717) is 18.7 Å². The first kappa shape index (κ1) is 26.5. The van der Waals surface area contributed by atoms with Crippen LogP contribution in [-0.2, 0) is 4.74 Å². The maximum absolute atomic E-state index is 14.5. The molecule has 1 aromatic carbocycles. The van der Waals surface area contributed by atoms with Crippen molar-refractivity contribution in [2.24, 2.45) is 4.99 Å². The highest BCUT2D eigenvalue weighted by atomic mass is 19.2. The Bertz CT molecular complexity index is 1140. The number of carbonyl (C=O) groups is 1. The summed E-state index contributed by atoms with van der Waals surface area (Å²) >= 11 is 0. The Labute approximate surface area is 216 Å². The van der Waals surface area contributed by atoms with Crippen molar-refractivity contribution in [2.45, 2.75) is 58.3 Å². The minimum absolute atomic E-state index is 0.0927. The van der Waals surface area contributed by atoms with Gasteiger partial charge in [0, 0.05) is 61.4 Å². The number of halogens is 2. The molecule has 3 aliphatic heterocycles. The SMILES string of the molecule is CC1C2=C(CCN1c1cc(F)c(F)c(OCCCNC(=O)OC(C)(C)C)c1)NC(C1=CC=CCN1)N=C2. The summed E-state index contributed by atoms with van der Waals surface area (Å²) in [7, 11) is 0. The number of dihydropyridines is 1. The third-order valence-electron chi connectivity index (χ3n) is 6.23. The van der Waals surface area contributed by atoms with Gasteiger partial charge in [0.2, 0.25) is 5.82 Å². The van der Waals surface area contributed by atoms with E-state index in [-0.39, 0.29) is 31.1 Å². The van der Waals surface area contributed by atoms with Crippen LogP contribution in [0.5, 0.6) is 5.75 Å². The third-order valence-corrected chi connectivity index (χ3v) is 6.23. The zero-order chi connectivity index (χ0) is 26.6. The molecule has 3 N–H and O–H groups in total. The van der Waals surface area contributed by atoms with E-state index in [1.165, 1.54) is 12.1 Å². The van der Waals surface area contributed by atoms with Crippen molar-refractivity contribution in [2.75, 3.05) is 31.1 Å². The molecule has 3 aliphatic rings. The van der Waals surface area contributed by atoms with Crippen molar-refractivity contribution < 1.29 is 23.0 Å².